The third kappa shape index (κ3) is 7.99. The molecule has 34 heavy (non-hydrogen) atoms. The zero-order chi connectivity index (χ0) is 25.1. The highest BCUT2D eigenvalue weighted by molar-refractivity contribution is 6.06. The Morgan fingerprint density at radius 1 is 0.912 bits per heavy atom. The van der Waals surface area contributed by atoms with E-state index in [0.717, 1.165) is 5.56 Å². The van der Waals surface area contributed by atoms with E-state index in [0.29, 0.717) is 17.7 Å². The van der Waals surface area contributed by atoms with Crippen molar-refractivity contribution in [1.29, 1.82) is 0 Å². The largest absolute Gasteiger partial charge is 0.481 e. The number of ketones is 1. The molecule has 0 heterocycles. The number of rotatable bonds is 12. The lowest BCUT2D eigenvalue weighted by Gasteiger charge is -2.21. The van der Waals surface area contributed by atoms with Crippen molar-refractivity contribution in [2.75, 3.05) is 7.11 Å². The molecule has 7 heteroatoms. The maximum absolute atomic E-state index is 12.7. The van der Waals surface area contributed by atoms with Crippen LogP contribution in [0.5, 0.6) is 5.75 Å². The minimum absolute atomic E-state index is 0.0779. The summed E-state index contributed by atoms with van der Waals surface area (Å²) < 4.78 is 10.3. The zero-order valence-corrected chi connectivity index (χ0v) is 19.6. The molecule has 0 aromatic heterocycles. The second-order valence-electron chi connectivity index (χ2n) is 8.09. The number of carbonyl (C=O) groups is 4. The van der Waals surface area contributed by atoms with E-state index in [4.69, 9.17) is 14.6 Å². The lowest BCUT2D eigenvalue weighted by molar-refractivity contribution is -0.149. The summed E-state index contributed by atoms with van der Waals surface area (Å²) in [5, 5.41) is 9.16. The van der Waals surface area contributed by atoms with Gasteiger partial charge in [-0.2, -0.15) is 0 Å². The van der Waals surface area contributed by atoms with Crippen molar-refractivity contribution in [2.24, 2.45) is 17.8 Å². The number of ether oxygens (including phenoxy) is 2. The fourth-order valence-electron chi connectivity index (χ4n) is 3.47. The first kappa shape index (κ1) is 26.5. The fraction of sp³-hybridized carbons (Fsp3) is 0.333. The Kier molecular flexibility index (Phi) is 10.2. The predicted molar refractivity (Wildman–Crippen MR) is 127 cm³/mol. The van der Waals surface area contributed by atoms with Gasteiger partial charge in [-0.15, -0.1) is 0 Å². The van der Waals surface area contributed by atoms with Gasteiger partial charge in [0, 0.05) is 5.56 Å². The number of esters is 2. The summed E-state index contributed by atoms with van der Waals surface area (Å²) in [5.74, 6) is -3.88. The number of hydrogen-bond donors (Lipinski definition) is 1. The molecule has 0 spiro atoms. The molecule has 0 radical (unpaired) electrons. The fourth-order valence-corrected chi connectivity index (χ4v) is 3.47. The first-order valence-electron chi connectivity index (χ1n) is 11.1. The zero-order valence-electron chi connectivity index (χ0n) is 19.6. The molecule has 0 saturated carbocycles. The van der Waals surface area contributed by atoms with E-state index in [1.165, 1.54) is 20.1 Å². The molecule has 0 fully saturated rings. The minimum Gasteiger partial charge on any atom is -0.481 e. The Morgan fingerprint density at radius 3 is 2.12 bits per heavy atom. The van der Waals surface area contributed by atoms with Crippen LogP contribution in [-0.2, 0) is 19.1 Å². The van der Waals surface area contributed by atoms with Crippen LogP contribution in [0.25, 0.3) is 6.08 Å². The number of carbonyl (C=O) groups excluding carboxylic acids is 3. The number of carboxylic acids is 1. The van der Waals surface area contributed by atoms with Gasteiger partial charge in [-0.1, -0.05) is 62.4 Å². The summed E-state index contributed by atoms with van der Waals surface area (Å²) in [6, 6.07) is 15.6. The molecular formula is C27H30O7. The number of hydrogen-bond acceptors (Lipinski definition) is 6. The monoisotopic (exact) mass is 466 g/mol. The molecule has 3 atom stereocenters. The second-order valence-corrected chi connectivity index (χ2v) is 8.09. The highest BCUT2D eigenvalue weighted by Crippen LogP contribution is 2.26. The van der Waals surface area contributed by atoms with Gasteiger partial charge in [-0.3, -0.25) is 19.2 Å². The first-order valence-corrected chi connectivity index (χ1v) is 11.1. The van der Waals surface area contributed by atoms with Gasteiger partial charge in [0.25, 0.3) is 0 Å². The maximum Gasteiger partial charge on any atom is 0.314 e. The minimum atomic E-state index is -1.01. The van der Waals surface area contributed by atoms with E-state index in [2.05, 4.69) is 0 Å². The molecule has 0 aliphatic carbocycles. The van der Waals surface area contributed by atoms with Gasteiger partial charge in [0.2, 0.25) is 0 Å². The van der Waals surface area contributed by atoms with Crippen molar-refractivity contribution in [1.82, 2.24) is 0 Å². The van der Waals surface area contributed by atoms with Gasteiger partial charge < -0.3 is 14.6 Å². The Bertz CT molecular complexity index is 1010. The Morgan fingerprint density at radius 2 is 1.56 bits per heavy atom. The highest BCUT2D eigenvalue weighted by atomic mass is 16.5. The summed E-state index contributed by atoms with van der Waals surface area (Å²) in [6.45, 7) is 3.32. The Balaban J connectivity index is 2.00. The van der Waals surface area contributed by atoms with Gasteiger partial charge in [-0.05, 0) is 43.0 Å². The quantitative estimate of drug-likeness (QED) is 0.207. The topological polar surface area (TPSA) is 107 Å². The normalized spacial score (nSPS) is 13.6. The van der Waals surface area contributed by atoms with Gasteiger partial charge in [0.05, 0.1) is 24.9 Å². The van der Waals surface area contributed by atoms with Crippen LogP contribution in [0.2, 0.25) is 0 Å². The smallest absolute Gasteiger partial charge is 0.314 e. The molecule has 1 N–H and O–H groups in total. The van der Waals surface area contributed by atoms with Gasteiger partial charge in [0.1, 0.15) is 5.75 Å². The lowest BCUT2D eigenvalue weighted by atomic mass is 9.86. The van der Waals surface area contributed by atoms with Crippen LogP contribution in [-0.4, -0.2) is 35.9 Å². The third-order valence-corrected chi connectivity index (χ3v) is 5.57. The van der Waals surface area contributed by atoms with Gasteiger partial charge in [-0.25, -0.2) is 0 Å². The van der Waals surface area contributed by atoms with Crippen LogP contribution >= 0.6 is 0 Å². The molecule has 7 nitrogen and oxygen atoms in total. The maximum atomic E-state index is 12.7. The summed E-state index contributed by atoms with van der Waals surface area (Å²) in [7, 11) is 1.24. The van der Waals surface area contributed by atoms with E-state index in [1.807, 2.05) is 6.07 Å². The summed E-state index contributed by atoms with van der Waals surface area (Å²) >= 11 is 0. The lowest BCUT2D eigenvalue weighted by Crippen LogP contribution is -2.29. The molecule has 0 aliphatic rings. The molecular weight excluding hydrogens is 436 g/mol. The number of allylic oxidation sites excluding steroid dienone is 1. The summed E-state index contributed by atoms with van der Waals surface area (Å²) in [4.78, 5) is 48.2. The van der Waals surface area contributed by atoms with E-state index < -0.39 is 35.7 Å². The van der Waals surface area contributed by atoms with Crippen molar-refractivity contribution in [3.05, 3.63) is 71.8 Å². The summed E-state index contributed by atoms with van der Waals surface area (Å²) in [6.07, 6.45) is 3.81. The highest BCUT2D eigenvalue weighted by Gasteiger charge is 2.31. The number of benzene rings is 2. The number of methoxy groups -OCH3 is 1. The molecule has 0 bridgehead atoms. The Labute approximate surface area is 199 Å². The predicted octanol–water partition coefficient (Wildman–Crippen LogP) is 4.80. The van der Waals surface area contributed by atoms with Gasteiger partial charge >= 0.3 is 17.9 Å². The standard InChI is InChI=1S/C27H30O7/c1-4-20(17-22(26(31)33-3)16-18(2)25(29)30)27(32)34-23-13-10-19(11-14-23)12-15-24(28)21-8-6-5-7-9-21/h5-15,18,20,22H,4,16-17H2,1-3H3,(H,29,30)/b15-12+. The molecule has 0 aliphatic heterocycles. The molecule has 2 rings (SSSR count). The van der Waals surface area contributed by atoms with E-state index >= 15 is 0 Å². The molecule has 3 unspecified atom stereocenters. The number of aliphatic carboxylic acids is 1. The molecule has 2 aromatic rings. The first-order chi connectivity index (χ1) is 16.2. The van der Waals surface area contributed by atoms with Crippen molar-refractivity contribution in [2.45, 2.75) is 33.1 Å². The van der Waals surface area contributed by atoms with Crippen molar-refractivity contribution in [3.63, 3.8) is 0 Å². The summed E-state index contributed by atoms with van der Waals surface area (Å²) in [5.41, 5.74) is 1.36. The van der Waals surface area contributed by atoms with Crippen molar-refractivity contribution < 1.29 is 33.8 Å². The van der Waals surface area contributed by atoms with Crippen molar-refractivity contribution in [3.8, 4) is 5.75 Å². The second kappa shape index (κ2) is 13.1. The number of carboxylic acid groups (broad SMARTS) is 1. The van der Waals surface area contributed by atoms with Crippen LogP contribution in [0, 0.1) is 17.8 Å². The van der Waals surface area contributed by atoms with E-state index in [1.54, 1.807) is 61.5 Å². The van der Waals surface area contributed by atoms with Crippen LogP contribution in [0.3, 0.4) is 0 Å². The van der Waals surface area contributed by atoms with E-state index in [9.17, 15) is 19.2 Å². The van der Waals surface area contributed by atoms with Crippen LogP contribution in [0.15, 0.2) is 60.7 Å². The van der Waals surface area contributed by atoms with Crippen molar-refractivity contribution >= 4 is 29.8 Å². The average Bonchev–Trinajstić information content (AvgIpc) is 2.85. The van der Waals surface area contributed by atoms with Crippen LogP contribution in [0.1, 0.15) is 49.0 Å². The van der Waals surface area contributed by atoms with Crippen LogP contribution in [0.4, 0.5) is 0 Å². The molecule has 180 valence electrons. The molecule has 0 amide bonds. The van der Waals surface area contributed by atoms with E-state index in [-0.39, 0.29) is 18.6 Å². The third-order valence-electron chi connectivity index (χ3n) is 5.57. The molecule has 2 aromatic carbocycles. The van der Waals surface area contributed by atoms with Gasteiger partial charge in [0.15, 0.2) is 5.78 Å². The van der Waals surface area contributed by atoms with Crippen LogP contribution < -0.4 is 4.74 Å². The molecule has 0 saturated heterocycles. The SMILES string of the molecule is CCC(CC(CC(C)C(=O)O)C(=O)OC)C(=O)Oc1ccc(/C=C/C(=O)c2ccccc2)cc1. The Hall–Kier alpha value is -3.74. The average molecular weight is 467 g/mol.